The summed E-state index contributed by atoms with van der Waals surface area (Å²) in [7, 11) is 0. The highest BCUT2D eigenvalue weighted by Gasteiger charge is 2.08. The van der Waals surface area contributed by atoms with Gasteiger partial charge in [-0.2, -0.15) is 4.98 Å². The predicted octanol–water partition coefficient (Wildman–Crippen LogP) is 5.49. The van der Waals surface area contributed by atoms with Crippen LogP contribution in [0.1, 0.15) is 22.4 Å². The molecule has 0 saturated heterocycles. The Balaban J connectivity index is 1.77. The third kappa shape index (κ3) is 4.15. The van der Waals surface area contributed by atoms with Gasteiger partial charge >= 0.3 is 0 Å². The second-order valence-corrected chi connectivity index (χ2v) is 6.66. The number of nitrogens with zero attached hydrogens (tertiary/aromatic N) is 2. The average molecular weight is 336 g/mol. The summed E-state index contributed by atoms with van der Waals surface area (Å²) in [6.45, 7) is 6.11. The number of aromatic nitrogens is 2. The van der Waals surface area contributed by atoms with E-state index in [0.29, 0.717) is 5.88 Å². The molecule has 0 unspecified atom stereocenters. The van der Waals surface area contributed by atoms with Gasteiger partial charge in [-0.15, -0.1) is 0 Å². The first-order chi connectivity index (χ1) is 11.6. The standard InChI is InChI=1S/C20H20N2OS/c1-14-8-4-6-10-17(14)13-24-20-21-16(3)12-19(22-20)23-18-11-7-5-9-15(18)2/h4-12H,13H2,1-3H3. The van der Waals surface area contributed by atoms with E-state index in [4.69, 9.17) is 4.74 Å². The molecule has 0 saturated carbocycles. The molecule has 1 heterocycles. The van der Waals surface area contributed by atoms with Gasteiger partial charge in [0.1, 0.15) is 5.75 Å². The van der Waals surface area contributed by atoms with Gasteiger partial charge in [0.05, 0.1) is 0 Å². The predicted molar refractivity (Wildman–Crippen MR) is 98.8 cm³/mol. The van der Waals surface area contributed by atoms with E-state index in [1.807, 2.05) is 44.2 Å². The summed E-state index contributed by atoms with van der Waals surface area (Å²) >= 11 is 1.63. The maximum atomic E-state index is 5.94. The maximum Gasteiger partial charge on any atom is 0.223 e. The Morgan fingerprint density at radius 2 is 1.58 bits per heavy atom. The smallest absolute Gasteiger partial charge is 0.223 e. The zero-order valence-electron chi connectivity index (χ0n) is 14.1. The molecule has 0 aliphatic heterocycles. The molecule has 0 atom stereocenters. The van der Waals surface area contributed by atoms with Crippen LogP contribution >= 0.6 is 11.8 Å². The van der Waals surface area contributed by atoms with E-state index >= 15 is 0 Å². The van der Waals surface area contributed by atoms with E-state index in [-0.39, 0.29) is 0 Å². The molecular formula is C20H20N2OS. The van der Waals surface area contributed by atoms with E-state index in [2.05, 4.69) is 41.2 Å². The molecule has 2 aromatic carbocycles. The Hall–Kier alpha value is -2.33. The monoisotopic (exact) mass is 336 g/mol. The molecule has 122 valence electrons. The molecule has 4 heteroatoms. The molecule has 0 N–H and O–H groups in total. The molecule has 0 aliphatic rings. The number of hydrogen-bond acceptors (Lipinski definition) is 4. The van der Waals surface area contributed by atoms with Crippen molar-refractivity contribution in [2.24, 2.45) is 0 Å². The second-order valence-electron chi connectivity index (χ2n) is 5.71. The number of thioether (sulfide) groups is 1. The summed E-state index contributed by atoms with van der Waals surface area (Å²) in [6.07, 6.45) is 0. The fraction of sp³-hybridized carbons (Fsp3) is 0.200. The van der Waals surface area contributed by atoms with Crippen LogP contribution in [-0.4, -0.2) is 9.97 Å². The molecular weight excluding hydrogens is 316 g/mol. The van der Waals surface area contributed by atoms with E-state index < -0.39 is 0 Å². The number of hydrogen-bond donors (Lipinski definition) is 0. The van der Waals surface area contributed by atoms with Gasteiger partial charge in [0.2, 0.25) is 5.88 Å². The minimum absolute atomic E-state index is 0.587. The molecule has 24 heavy (non-hydrogen) atoms. The van der Waals surface area contributed by atoms with Crippen molar-refractivity contribution in [3.8, 4) is 11.6 Å². The minimum Gasteiger partial charge on any atom is -0.439 e. The molecule has 1 aromatic heterocycles. The molecule has 0 aliphatic carbocycles. The van der Waals surface area contributed by atoms with Crippen LogP contribution in [0.4, 0.5) is 0 Å². The summed E-state index contributed by atoms with van der Waals surface area (Å²) in [5.74, 6) is 2.26. The molecule has 0 radical (unpaired) electrons. The van der Waals surface area contributed by atoms with Crippen molar-refractivity contribution >= 4 is 11.8 Å². The number of para-hydroxylation sites is 1. The minimum atomic E-state index is 0.587. The summed E-state index contributed by atoms with van der Waals surface area (Å²) in [6, 6.07) is 18.2. The maximum absolute atomic E-state index is 5.94. The number of aryl methyl sites for hydroxylation is 3. The molecule has 3 rings (SSSR count). The molecule has 0 amide bonds. The fourth-order valence-corrected chi connectivity index (χ4v) is 3.30. The largest absolute Gasteiger partial charge is 0.439 e. The van der Waals surface area contributed by atoms with Crippen LogP contribution < -0.4 is 4.74 Å². The molecule has 0 fully saturated rings. The van der Waals surface area contributed by atoms with Gasteiger partial charge in [-0.25, -0.2) is 4.98 Å². The normalized spacial score (nSPS) is 10.6. The van der Waals surface area contributed by atoms with Crippen molar-refractivity contribution in [3.05, 3.63) is 77.0 Å². The van der Waals surface area contributed by atoms with Gasteiger partial charge in [-0.1, -0.05) is 54.2 Å². The van der Waals surface area contributed by atoms with E-state index in [1.165, 1.54) is 11.1 Å². The van der Waals surface area contributed by atoms with Gasteiger partial charge in [-0.3, -0.25) is 0 Å². The second kappa shape index (κ2) is 7.49. The van der Waals surface area contributed by atoms with Gasteiger partial charge in [0, 0.05) is 17.5 Å². The quantitative estimate of drug-likeness (QED) is 0.456. The van der Waals surface area contributed by atoms with Crippen LogP contribution in [-0.2, 0) is 5.75 Å². The Morgan fingerprint density at radius 3 is 2.33 bits per heavy atom. The topological polar surface area (TPSA) is 35.0 Å². The Morgan fingerprint density at radius 1 is 0.875 bits per heavy atom. The van der Waals surface area contributed by atoms with Crippen molar-refractivity contribution in [2.75, 3.05) is 0 Å². The Kier molecular flexibility index (Phi) is 5.16. The van der Waals surface area contributed by atoms with Crippen molar-refractivity contribution in [1.82, 2.24) is 9.97 Å². The third-order valence-electron chi connectivity index (χ3n) is 3.74. The highest BCUT2D eigenvalue weighted by molar-refractivity contribution is 7.98. The van der Waals surface area contributed by atoms with Crippen molar-refractivity contribution < 1.29 is 4.74 Å². The van der Waals surface area contributed by atoms with Crippen LogP contribution in [0.2, 0.25) is 0 Å². The Bertz CT molecular complexity index is 849. The van der Waals surface area contributed by atoms with Gasteiger partial charge < -0.3 is 4.74 Å². The fourth-order valence-electron chi connectivity index (χ4n) is 2.33. The first-order valence-corrected chi connectivity index (χ1v) is 8.87. The lowest BCUT2D eigenvalue weighted by Gasteiger charge is -2.10. The van der Waals surface area contributed by atoms with Gasteiger partial charge in [0.25, 0.3) is 0 Å². The van der Waals surface area contributed by atoms with E-state index in [9.17, 15) is 0 Å². The first kappa shape index (κ1) is 16.5. The van der Waals surface area contributed by atoms with Gasteiger partial charge in [-0.05, 0) is 43.5 Å². The third-order valence-corrected chi connectivity index (χ3v) is 4.63. The van der Waals surface area contributed by atoms with Crippen molar-refractivity contribution in [1.29, 1.82) is 0 Å². The van der Waals surface area contributed by atoms with Crippen molar-refractivity contribution in [3.63, 3.8) is 0 Å². The molecule has 3 nitrogen and oxygen atoms in total. The number of benzene rings is 2. The average Bonchev–Trinajstić information content (AvgIpc) is 2.56. The van der Waals surface area contributed by atoms with Crippen LogP contribution in [0.15, 0.2) is 59.8 Å². The molecule has 0 spiro atoms. The zero-order valence-corrected chi connectivity index (χ0v) is 14.9. The van der Waals surface area contributed by atoms with Crippen LogP contribution in [0.3, 0.4) is 0 Å². The lowest BCUT2D eigenvalue weighted by molar-refractivity contribution is 0.451. The van der Waals surface area contributed by atoms with Crippen molar-refractivity contribution in [2.45, 2.75) is 31.7 Å². The Labute approximate surface area is 147 Å². The van der Waals surface area contributed by atoms with Gasteiger partial charge in [0.15, 0.2) is 5.16 Å². The lowest BCUT2D eigenvalue weighted by Crippen LogP contribution is -1.96. The van der Waals surface area contributed by atoms with Crippen LogP contribution in [0.25, 0.3) is 0 Å². The number of rotatable bonds is 5. The molecule has 0 bridgehead atoms. The summed E-state index contributed by atoms with van der Waals surface area (Å²) in [5.41, 5.74) is 4.58. The van der Waals surface area contributed by atoms with E-state index in [0.717, 1.165) is 27.9 Å². The van der Waals surface area contributed by atoms with Crippen LogP contribution in [0, 0.1) is 20.8 Å². The van der Waals surface area contributed by atoms with E-state index in [1.54, 1.807) is 11.8 Å². The summed E-state index contributed by atoms with van der Waals surface area (Å²) in [4.78, 5) is 9.06. The zero-order chi connectivity index (χ0) is 16.9. The SMILES string of the molecule is Cc1cc(Oc2ccccc2C)nc(SCc2ccccc2C)n1. The molecule has 3 aromatic rings. The first-order valence-electron chi connectivity index (χ1n) is 7.88. The lowest BCUT2D eigenvalue weighted by atomic mass is 10.1. The summed E-state index contributed by atoms with van der Waals surface area (Å²) in [5, 5.41) is 0.738. The highest BCUT2D eigenvalue weighted by Crippen LogP contribution is 2.27. The summed E-state index contributed by atoms with van der Waals surface area (Å²) < 4.78 is 5.94. The number of ether oxygens (including phenoxy) is 1. The highest BCUT2D eigenvalue weighted by atomic mass is 32.2. The van der Waals surface area contributed by atoms with Crippen LogP contribution in [0.5, 0.6) is 11.6 Å².